The predicted octanol–water partition coefficient (Wildman–Crippen LogP) is 2.77. The minimum Gasteiger partial charge on any atom is -0.493 e. The van der Waals surface area contributed by atoms with E-state index in [0.29, 0.717) is 23.7 Å². The first kappa shape index (κ1) is 19.5. The summed E-state index contributed by atoms with van der Waals surface area (Å²) in [4.78, 5) is 41.0. The second-order valence-corrected chi connectivity index (χ2v) is 7.32. The van der Waals surface area contributed by atoms with Crippen LogP contribution in [-0.2, 0) is 6.42 Å². The quantitative estimate of drug-likeness (QED) is 0.522. The number of nitrogens with zero attached hydrogens (tertiary/aromatic N) is 2. The van der Waals surface area contributed by atoms with E-state index in [1.807, 2.05) is 24.3 Å². The van der Waals surface area contributed by atoms with Crippen LogP contribution in [0.15, 0.2) is 82.4 Å². The number of ether oxygens (including phenoxy) is 1. The molecule has 8 heteroatoms. The van der Waals surface area contributed by atoms with Gasteiger partial charge in [-0.2, -0.15) is 0 Å². The number of aromatic amines is 1. The largest absolute Gasteiger partial charge is 0.493 e. The molecule has 0 saturated carbocycles. The van der Waals surface area contributed by atoms with E-state index in [0.717, 1.165) is 39.7 Å². The van der Waals surface area contributed by atoms with Crippen molar-refractivity contribution in [3.8, 4) is 22.7 Å². The molecule has 0 fully saturated rings. The van der Waals surface area contributed by atoms with Crippen LogP contribution in [0.2, 0.25) is 0 Å². The maximum absolute atomic E-state index is 12.8. The number of H-pyrrole nitrogens is 1. The fourth-order valence-corrected chi connectivity index (χ4v) is 3.60. The van der Waals surface area contributed by atoms with Crippen LogP contribution in [0.5, 0.6) is 5.75 Å². The van der Waals surface area contributed by atoms with Crippen molar-refractivity contribution >= 4 is 11.7 Å². The zero-order valence-electron chi connectivity index (χ0n) is 16.9. The van der Waals surface area contributed by atoms with Gasteiger partial charge < -0.3 is 10.1 Å². The molecule has 32 heavy (non-hydrogen) atoms. The van der Waals surface area contributed by atoms with Gasteiger partial charge in [-0.15, -0.1) is 0 Å². The van der Waals surface area contributed by atoms with E-state index >= 15 is 0 Å². The zero-order valence-corrected chi connectivity index (χ0v) is 16.9. The Labute approximate surface area is 182 Å². The number of fused-ring (bicyclic) bond motifs is 1. The molecule has 2 aromatic heterocycles. The minimum atomic E-state index is -0.418. The Morgan fingerprint density at radius 1 is 1.00 bits per heavy atom. The molecule has 0 unspecified atom stereocenters. The Morgan fingerprint density at radius 2 is 1.88 bits per heavy atom. The van der Waals surface area contributed by atoms with Gasteiger partial charge in [0.2, 0.25) is 0 Å². The van der Waals surface area contributed by atoms with E-state index in [4.69, 9.17) is 4.74 Å². The monoisotopic (exact) mass is 426 g/mol. The molecule has 4 aromatic rings. The first-order chi connectivity index (χ1) is 15.6. The van der Waals surface area contributed by atoms with Crippen LogP contribution in [0.1, 0.15) is 15.9 Å². The Balaban J connectivity index is 1.40. The number of anilines is 1. The topological polar surface area (TPSA) is 106 Å². The number of benzene rings is 2. The summed E-state index contributed by atoms with van der Waals surface area (Å²) in [7, 11) is 0. The van der Waals surface area contributed by atoms with Gasteiger partial charge in [0.15, 0.2) is 0 Å². The zero-order chi connectivity index (χ0) is 22.1. The van der Waals surface area contributed by atoms with Crippen LogP contribution >= 0.6 is 0 Å². The van der Waals surface area contributed by atoms with Crippen LogP contribution in [0.25, 0.3) is 16.9 Å². The minimum absolute atomic E-state index is 0.320. The molecule has 2 aromatic carbocycles. The van der Waals surface area contributed by atoms with Crippen LogP contribution in [0.3, 0.4) is 0 Å². The van der Waals surface area contributed by atoms with Gasteiger partial charge in [-0.25, -0.2) is 9.67 Å². The summed E-state index contributed by atoms with van der Waals surface area (Å²) in [5.74, 6) is 0.919. The normalized spacial score (nSPS) is 12.1. The third-order valence-electron chi connectivity index (χ3n) is 5.16. The number of aromatic nitrogens is 3. The molecule has 0 spiro atoms. The summed E-state index contributed by atoms with van der Waals surface area (Å²) in [5, 5.41) is 5.24. The molecular formula is C24H18N4O4. The maximum atomic E-state index is 12.8. The number of amides is 1. The fourth-order valence-electron chi connectivity index (χ4n) is 3.60. The highest BCUT2D eigenvalue weighted by Gasteiger charge is 2.14. The molecule has 5 rings (SSSR count). The predicted molar refractivity (Wildman–Crippen MR) is 119 cm³/mol. The van der Waals surface area contributed by atoms with Crippen LogP contribution < -0.4 is 21.2 Å². The van der Waals surface area contributed by atoms with Gasteiger partial charge in [0.1, 0.15) is 11.6 Å². The SMILES string of the molecule is O=C(Nc1cccc(-c2ccc3c(c2)CCO3)n1)c1cccc(-n2[nH]c(=O)ccc2=O)c1. The summed E-state index contributed by atoms with van der Waals surface area (Å²) in [5.41, 5.74) is 2.70. The highest BCUT2D eigenvalue weighted by atomic mass is 16.5. The number of nitrogens with one attached hydrogen (secondary N) is 2. The van der Waals surface area contributed by atoms with Gasteiger partial charge in [-0.3, -0.25) is 19.5 Å². The second kappa shape index (κ2) is 7.99. The van der Waals surface area contributed by atoms with Gasteiger partial charge in [-0.05, 0) is 54.1 Å². The lowest BCUT2D eigenvalue weighted by atomic mass is 10.1. The molecule has 8 nitrogen and oxygen atoms in total. The molecule has 3 heterocycles. The van der Waals surface area contributed by atoms with Crippen molar-refractivity contribution in [2.24, 2.45) is 0 Å². The number of rotatable bonds is 4. The van der Waals surface area contributed by atoms with E-state index in [9.17, 15) is 14.4 Å². The fraction of sp³-hybridized carbons (Fsp3) is 0.0833. The summed E-state index contributed by atoms with van der Waals surface area (Å²) in [6.45, 7) is 0.685. The van der Waals surface area contributed by atoms with Gasteiger partial charge in [0.05, 0.1) is 18.0 Å². The Morgan fingerprint density at radius 3 is 2.78 bits per heavy atom. The van der Waals surface area contributed by atoms with Crippen molar-refractivity contribution in [2.75, 3.05) is 11.9 Å². The molecule has 1 amide bonds. The van der Waals surface area contributed by atoms with E-state index in [2.05, 4.69) is 21.5 Å². The number of pyridine rings is 1. The summed E-state index contributed by atoms with van der Waals surface area (Å²) < 4.78 is 6.64. The van der Waals surface area contributed by atoms with Crippen molar-refractivity contribution in [1.29, 1.82) is 0 Å². The molecule has 1 aliphatic heterocycles. The van der Waals surface area contributed by atoms with E-state index < -0.39 is 11.1 Å². The van der Waals surface area contributed by atoms with Gasteiger partial charge >= 0.3 is 0 Å². The highest BCUT2D eigenvalue weighted by Crippen LogP contribution is 2.30. The summed E-state index contributed by atoms with van der Waals surface area (Å²) in [6, 6.07) is 20.1. The molecule has 0 saturated heterocycles. The number of carbonyl (C=O) groups excluding carboxylic acids is 1. The number of carbonyl (C=O) groups is 1. The lowest BCUT2D eigenvalue weighted by Gasteiger charge is -2.09. The summed E-state index contributed by atoms with van der Waals surface area (Å²) in [6.07, 6.45) is 0.867. The van der Waals surface area contributed by atoms with E-state index in [-0.39, 0.29) is 5.91 Å². The smallest absolute Gasteiger partial charge is 0.269 e. The highest BCUT2D eigenvalue weighted by molar-refractivity contribution is 6.04. The molecule has 0 bridgehead atoms. The van der Waals surface area contributed by atoms with Crippen LogP contribution in [0, 0.1) is 0 Å². The maximum Gasteiger partial charge on any atom is 0.269 e. The number of hydrogen-bond acceptors (Lipinski definition) is 5. The molecular weight excluding hydrogens is 408 g/mol. The average Bonchev–Trinajstić information content (AvgIpc) is 3.29. The summed E-state index contributed by atoms with van der Waals surface area (Å²) >= 11 is 0. The Kier molecular flexibility index (Phi) is 4.87. The van der Waals surface area contributed by atoms with Crippen molar-refractivity contribution in [2.45, 2.75) is 6.42 Å². The van der Waals surface area contributed by atoms with Crippen molar-refractivity contribution in [3.63, 3.8) is 0 Å². The third kappa shape index (κ3) is 3.81. The molecule has 0 radical (unpaired) electrons. The molecule has 0 aliphatic carbocycles. The van der Waals surface area contributed by atoms with Crippen molar-refractivity contribution in [1.82, 2.24) is 14.8 Å². The van der Waals surface area contributed by atoms with Crippen LogP contribution in [0.4, 0.5) is 5.82 Å². The van der Waals surface area contributed by atoms with Crippen LogP contribution in [-0.4, -0.2) is 27.3 Å². The lowest BCUT2D eigenvalue weighted by molar-refractivity contribution is 0.102. The third-order valence-corrected chi connectivity index (χ3v) is 5.16. The Bertz CT molecular complexity index is 1450. The second-order valence-electron chi connectivity index (χ2n) is 7.32. The molecule has 2 N–H and O–H groups in total. The molecule has 1 aliphatic rings. The molecule has 158 valence electrons. The molecule has 0 atom stereocenters. The van der Waals surface area contributed by atoms with Crippen molar-refractivity contribution < 1.29 is 9.53 Å². The van der Waals surface area contributed by atoms with Crippen molar-refractivity contribution in [3.05, 3.63) is 105 Å². The first-order valence-electron chi connectivity index (χ1n) is 10.0. The standard InChI is InChI=1S/C24H18N4O4/c29-22-9-10-23(30)28(27-22)18-4-1-3-17(14-18)24(31)26-21-6-2-5-19(25-21)15-7-8-20-16(13-15)11-12-32-20/h1-10,13-14H,11-12H2,(H,27,29)(H,25,26,31). The lowest BCUT2D eigenvalue weighted by Crippen LogP contribution is -2.26. The van der Waals surface area contributed by atoms with E-state index in [1.165, 1.54) is 12.1 Å². The van der Waals surface area contributed by atoms with Gasteiger partial charge in [0, 0.05) is 29.7 Å². The van der Waals surface area contributed by atoms with E-state index in [1.54, 1.807) is 24.3 Å². The van der Waals surface area contributed by atoms with Gasteiger partial charge in [-0.1, -0.05) is 12.1 Å². The average molecular weight is 426 g/mol. The van der Waals surface area contributed by atoms with Gasteiger partial charge in [0.25, 0.3) is 17.0 Å². The first-order valence-corrected chi connectivity index (χ1v) is 10.0. The Hall–Kier alpha value is -4.46. The number of hydrogen-bond donors (Lipinski definition) is 2.